The van der Waals surface area contributed by atoms with E-state index in [0.717, 1.165) is 5.56 Å². The first-order valence-electron chi connectivity index (χ1n) is 9.41. The number of carbonyl (C=O) groups excluding carboxylic acids is 1. The van der Waals surface area contributed by atoms with Gasteiger partial charge >= 0.3 is 5.97 Å². The van der Waals surface area contributed by atoms with Crippen LogP contribution in [0, 0.1) is 5.92 Å². The van der Waals surface area contributed by atoms with Crippen LogP contribution in [-0.2, 0) is 14.3 Å². The van der Waals surface area contributed by atoms with Gasteiger partial charge in [-0.15, -0.1) is 0 Å². The summed E-state index contributed by atoms with van der Waals surface area (Å²) in [6, 6.07) is 4.87. The van der Waals surface area contributed by atoms with E-state index in [9.17, 15) is 20.1 Å². The monoisotopic (exact) mass is 428 g/mol. The molecule has 0 radical (unpaired) electrons. The van der Waals surface area contributed by atoms with Gasteiger partial charge in [-0.3, -0.25) is 4.79 Å². The van der Waals surface area contributed by atoms with Crippen molar-refractivity contribution in [2.24, 2.45) is 5.92 Å². The maximum Gasteiger partial charge on any atom is 0.311 e. The van der Waals surface area contributed by atoms with E-state index in [-0.39, 0.29) is 12.4 Å². The van der Waals surface area contributed by atoms with Gasteiger partial charge in [0, 0.05) is 0 Å². The molecule has 0 spiro atoms. The van der Waals surface area contributed by atoms with E-state index in [1.165, 1.54) is 14.0 Å². The Hall–Kier alpha value is -2.21. The first-order chi connectivity index (χ1) is 14.3. The van der Waals surface area contributed by atoms with E-state index in [4.69, 9.17) is 29.2 Å². The molecular formula is C20H28O10. The van der Waals surface area contributed by atoms with Crippen molar-refractivity contribution in [3.05, 3.63) is 29.8 Å². The first kappa shape index (κ1) is 24.1. The number of methoxy groups -OCH3 is 1. The lowest BCUT2D eigenvalue weighted by atomic mass is 9.99. The van der Waals surface area contributed by atoms with Crippen LogP contribution in [-0.4, -0.2) is 89.1 Å². The summed E-state index contributed by atoms with van der Waals surface area (Å²) in [7, 11) is 1.42. The van der Waals surface area contributed by atoms with E-state index in [0.29, 0.717) is 5.75 Å². The number of rotatable bonds is 9. The highest BCUT2D eigenvalue weighted by atomic mass is 16.7. The Kier molecular flexibility index (Phi) is 9.03. The third kappa shape index (κ3) is 5.91. The zero-order valence-corrected chi connectivity index (χ0v) is 16.7. The second kappa shape index (κ2) is 11.3. The molecule has 2 rings (SSSR count). The van der Waals surface area contributed by atoms with E-state index >= 15 is 0 Å². The fraction of sp³-hybridized carbons (Fsp3) is 0.550. The molecule has 6 unspecified atom stereocenters. The van der Waals surface area contributed by atoms with E-state index in [1.54, 1.807) is 30.4 Å². The Labute approximate surface area is 173 Å². The summed E-state index contributed by atoms with van der Waals surface area (Å²) in [6.07, 6.45) is -4.04. The first-order valence-corrected chi connectivity index (χ1v) is 9.41. The average molecular weight is 428 g/mol. The Morgan fingerprint density at radius 2 is 1.90 bits per heavy atom. The van der Waals surface area contributed by atoms with Crippen molar-refractivity contribution < 1.29 is 49.3 Å². The fourth-order valence-corrected chi connectivity index (χ4v) is 2.73. The third-order valence-corrected chi connectivity index (χ3v) is 4.58. The summed E-state index contributed by atoms with van der Waals surface area (Å²) in [6.45, 7) is 0.544. The molecule has 1 fully saturated rings. The van der Waals surface area contributed by atoms with Gasteiger partial charge in [-0.2, -0.15) is 0 Å². The van der Waals surface area contributed by atoms with Crippen LogP contribution in [0.1, 0.15) is 12.5 Å². The van der Waals surface area contributed by atoms with Crippen LogP contribution in [0.15, 0.2) is 24.3 Å². The zero-order valence-electron chi connectivity index (χ0n) is 16.7. The molecule has 1 saturated heterocycles. The van der Waals surface area contributed by atoms with Gasteiger partial charge in [0.05, 0.1) is 26.2 Å². The molecule has 1 aliphatic rings. The molecule has 1 heterocycles. The molecule has 0 saturated carbocycles. The van der Waals surface area contributed by atoms with Gasteiger partial charge in [-0.25, -0.2) is 0 Å². The molecule has 1 aliphatic heterocycles. The number of aliphatic hydroxyl groups is 5. The van der Waals surface area contributed by atoms with Crippen molar-refractivity contribution in [1.82, 2.24) is 0 Å². The van der Waals surface area contributed by atoms with Gasteiger partial charge in [0.25, 0.3) is 0 Å². The van der Waals surface area contributed by atoms with Crippen LogP contribution >= 0.6 is 0 Å². The van der Waals surface area contributed by atoms with Gasteiger partial charge < -0.3 is 44.5 Å². The van der Waals surface area contributed by atoms with E-state index < -0.39 is 55.8 Å². The summed E-state index contributed by atoms with van der Waals surface area (Å²) in [5, 5.41) is 48.4. The lowest BCUT2D eigenvalue weighted by Gasteiger charge is -2.40. The highest BCUT2D eigenvalue weighted by Gasteiger charge is 2.45. The van der Waals surface area contributed by atoms with Gasteiger partial charge in [-0.05, 0) is 24.6 Å². The minimum Gasteiger partial charge on any atom is -0.493 e. The summed E-state index contributed by atoms with van der Waals surface area (Å²) >= 11 is 0. The molecule has 30 heavy (non-hydrogen) atoms. The highest BCUT2D eigenvalue weighted by Crippen LogP contribution is 2.32. The zero-order chi connectivity index (χ0) is 22.3. The summed E-state index contributed by atoms with van der Waals surface area (Å²) in [5.41, 5.74) is 0.733. The maximum atomic E-state index is 11.7. The maximum absolute atomic E-state index is 11.7. The predicted octanol–water partition coefficient (Wildman–Crippen LogP) is -0.941. The van der Waals surface area contributed by atoms with Crippen molar-refractivity contribution in [3.63, 3.8) is 0 Å². The SMILES string of the molecule is COc1cc(C=CCO)ccc1OC1OC(COC(=O)C(C)CO)C(O)C(O)C1O. The Bertz CT molecular complexity index is 722. The standard InChI is InChI=1S/C20H28O10/c1-11(9-22)19(26)28-10-15-16(23)17(24)18(25)20(30-15)29-13-6-5-12(4-3-7-21)8-14(13)27-2/h3-6,8,11,15-18,20-25H,7,9-10H2,1-2H3. The van der Waals surface area contributed by atoms with Crippen molar-refractivity contribution in [1.29, 1.82) is 0 Å². The topological polar surface area (TPSA) is 155 Å². The second-order valence-electron chi connectivity index (χ2n) is 6.84. The van der Waals surface area contributed by atoms with Crippen molar-refractivity contribution in [2.75, 3.05) is 26.9 Å². The smallest absolute Gasteiger partial charge is 0.311 e. The number of hydrogen-bond donors (Lipinski definition) is 5. The number of carbonyl (C=O) groups is 1. The lowest BCUT2D eigenvalue weighted by Crippen LogP contribution is -2.60. The lowest BCUT2D eigenvalue weighted by molar-refractivity contribution is -0.279. The van der Waals surface area contributed by atoms with Crippen LogP contribution in [0.2, 0.25) is 0 Å². The molecule has 1 aromatic rings. The summed E-state index contributed by atoms with van der Waals surface area (Å²) < 4.78 is 21.4. The van der Waals surface area contributed by atoms with Crippen molar-refractivity contribution >= 4 is 12.0 Å². The number of ether oxygens (including phenoxy) is 4. The van der Waals surface area contributed by atoms with E-state index in [2.05, 4.69) is 0 Å². The van der Waals surface area contributed by atoms with Gasteiger partial charge in [0.15, 0.2) is 11.5 Å². The van der Waals surface area contributed by atoms with Crippen LogP contribution in [0.4, 0.5) is 0 Å². The molecule has 1 aromatic carbocycles. The van der Waals surface area contributed by atoms with Crippen LogP contribution in [0.3, 0.4) is 0 Å². The molecule has 0 aromatic heterocycles. The van der Waals surface area contributed by atoms with Crippen LogP contribution < -0.4 is 9.47 Å². The number of esters is 1. The van der Waals surface area contributed by atoms with Crippen LogP contribution in [0.25, 0.3) is 6.08 Å². The molecule has 10 nitrogen and oxygen atoms in total. The molecule has 5 N–H and O–H groups in total. The normalized spacial score (nSPS) is 27.6. The third-order valence-electron chi connectivity index (χ3n) is 4.58. The fourth-order valence-electron chi connectivity index (χ4n) is 2.73. The average Bonchev–Trinajstić information content (AvgIpc) is 2.76. The highest BCUT2D eigenvalue weighted by molar-refractivity contribution is 5.72. The minimum absolute atomic E-state index is 0.119. The van der Waals surface area contributed by atoms with Gasteiger partial charge in [0.2, 0.25) is 6.29 Å². The summed E-state index contributed by atoms with van der Waals surface area (Å²) in [4.78, 5) is 11.7. The molecule has 10 heteroatoms. The summed E-state index contributed by atoms with van der Waals surface area (Å²) in [5.74, 6) is -0.933. The molecule has 168 valence electrons. The van der Waals surface area contributed by atoms with Crippen molar-refractivity contribution in [3.8, 4) is 11.5 Å². The molecular weight excluding hydrogens is 400 g/mol. The van der Waals surface area contributed by atoms with Crippen molar-refractivity contribution in [2.45, 2.75) is 37.6 Å². The number of benzene rings is 1. The second-order valence-corrected chi connectivity index (χ2v) is 6.84. The Morgan fingerprint density at radius 1 is 1.17 bits per heavy atom. The Balaban J connectivity index is 2.12. The Morgan fingerprint density at radius 3 is 2.53 bits per heavy atom. The number of hydrogen-bond acceptors (Lipinski definition) is 10. The minimum atomic E-state index is -1.61. The van der Waals surface area contributed by atoms with Crippen LogP contribution in [0.5, 0.6) is 11.5 Å². The quantitative estimate of drug-likeness (QED) is 0.311. The van der Waals surface area contributed by atoms with Gasteiger partial charge in [-0.1, -0.05) is 18.2 Å². The largest absolute Gasteiger partial charge is 0.493 e. The predicted molar refractivity (Wildman–Crippen MR) is 104 cm³/mol. The van der Waals surface area contributed by atoms with E-state index in [1.807, 2.05) is 0 Å². The molecule has 0 amide bonds. The molecule has 6 atom stereocenters. The molecule has 0 aliphatic carbocycles. The van der Waals surface area contributed by atoms with Gasteiger partial charge in [0.1, 0.15) is 31.0 Å². The molecule has 0 bridgehead atoms. The number of aliphatic hydroxyl groups excluding tert-OH is 5.